The first-order valence-corrected chi connectivity index (χ1v) is 11.9. The van der Waals surface area contributed by atoms with E-state index in [1.807, 2.05) is 43.3 Å². The molecule has 6 nitrogen and oxygen atoms in total. The molecule has 0 saturated carbocycles. The van der Waals surface area contributed by atoms with Crippen molar-refractivity contribution in [3.05, 3.63) is 78.9 Å². The summed E-state index contributed by atoms with van der Waals surface area (Å²) in [6.45, 7) is 2.99. The molecule has 0 atom stereocenters. The van der Waals surface area contributed by atoms with Crippen LogP contribution in [0.4, 0.5) is 5.95 Å². The number of hydrogen-bond acceptors (Lipinski definition) is 5. The zero-order valence-electron chi connectivity index (χ0n) is 16.7. The summed E-state index contributed by atoms with van der Waals surface area (Å²) in [7, 11) is 0. The van der Waals surface area contributed by atoms with Gasteiger partial charge in [-0.2, -0.15) is 5.10 Å². The number of hydrogen-bond donors (Lipinski definition) is 2. The summed E-state index contributed by atoms with van der Waals surface area (Å²) in [6.07, 6.45) is 1.74. The first-order chi connectivity index (χ1) is 15.1. The van der Waals surface area contributed by atoms with Gasteiger partial charge < -0.3 is 14.5 Å². The molecule has 0 aliphatic carbocycles. The Bertz CT molecular complexity index is 1170. The third kappa shape index (κ3) is 5.67. The van der Waals surface area contributed by atoms with E-state index in [1.54, 1.807) is 6.21 Å². The molecule has 4 rings (SSSR count). The van der Waals surface area contributed by atoms with Crippen LogP contribution in [-0.2, 0) is 6.61 Å². The smallest absolute Gasteiger partial charge is 0.222 e. The highest BCUT2D eigenvalue weighted by Gasteiger charge is 2.12. The molecule has 1 aromatic heterocycles. The molecule has 0 aliphatic rings. The number of ether oxygens (including phenoxy) is 2. The maximum absolute atomic E-state index is 6.10. The van der Waals surface area contributed by atoms with Crippen molar-refractivity contribution in [1.82, 2.24) is 9.97 Å². The molecule has 0 bridgehead atoms. The van der Waals surface area contributed by atoms with E-state index in [0.29, 0.717) is 24.9 Å². The highest BCUT2D eigenvalue weighted by molar-refractivity contribution is 14.1. The van der Waals surface area contributed by atoms with Gasteiger partial charge in [0.05, 0.1) is 27.4 Å². The third-order valence-electron chi connectivity index (χ3n) is 4.40. The van der Waals surface area contributed by atoms with Crippen LogP contribution in [0.5, 0.6) is 11.5 Å². The Morgan fingerprint density at radius 1 is 1.06 bits per heavy atom. The number of imidazole rings is 1. The Balaban J connectivity index is 1.48. The van der Waals surface area contributed by atoms with E-state index in [-0.39, 0.29) is 0 Å². The topological polar surface area (TPSA) is 71.5 Å². The first-order valence-electron chi connectivity index (χ1n) is 9.70. The van der Waals surface area contributed by atoms with E-state index in [0.717, 1.165) is 31.5 Å². The Morgan fingerprint density at radius 3 is 2.65 bits per heavy atom. The Labute approximate surface area is 207 Å². The monoisotopic (exact) mass is 638 g/mol. The third-order valence-corrected chi connectivity index (χ3v) is 5.92. The van der Waals surface area contributed by atoms with Crippen LogP contribution < -0.4 is 14.9 Å². The second-order valence-electron chi connectivity index (χ2n) is 6.65. The van der Waals surface area contributed by atoms with Crippen molar-refractivity contribution in [2.75, 3.05) is 12.0 Å². The average molecular weight is 638 g/mol. The first kappa shape index (κ1) is 21.9. The molecule has 31 heavy (non-hydrogen) atoms. The molecule has 3 aromatic carbocycles. The van der Waals surface area contributed by atoms with Gasteiger partial charge >= 0.3 is 0 Å². The lowest BCUT2D eigenvalue weighted by molar-refractivity contribution is 0.267. The zero-order chi connectivity index (χ0) is 21.6. The van der Waals surface area contributed by atoms with Gasteiger partial charge in [0.1, 0.15) is 6.61 Å². The van der Waals surface area contributed by atoms with Crippen molar-refractivity contribution in [2.45, 2.75) is 13.5 Å². The molecule has 0 radical (unpaired) electrons. The Kier molecular flexibility index (Phi) is 7.28. The highest BCUT2D eigenvalue weighted by Crippen LogP contribution is 2.34. The van der Waals surface area contributed by atoms with E-state index in [9.17, 15) is 0 Å². The van der Waals surface area contributed by atoms with Crippen LogP contribution in [0.15, 0.2) is 65.8 Å². The van der Waals surface area contributed by atoms with Gasteiger partial charge in [-0.1, -0.05) is 24.3 Å². The summed E-state index contributed by atoms with van der Waals surface area (Å²) in [5.74, 6) is 2.03. The van der Waals surface area contributed by atoms with Crippen LogP contribution in [0.3, 0.4) is 0 Å². The van der Waals surface area contributed by atoms with Gasteiger partial charge in [-0.25, -0.2) is 10.4 Å². The summed E-state index contributed by atoms with van der Waals surface area (Å²) in [4.78, 5) is 7.64. The number of para-hydroxylation sites is 2. The minimum atomic E-state index is 0.480. The molecule has 0 amide bonds. The molecular formula is C23H20I2N4O2. The number of H-pyrrole nitrogens is 1. The number of aromatic nitrogens is 2. The normalized spacial score (nSPS) is 11.2. The highest BCUT2D eigenvalue weighted by atomic mass is 127. The number of benzene rings is 3. The second-order valence-corrected chi connectivity index (χ2v) is 9.06. The van der Waals surface area contributed by atoms with Crippen LogP contribution in [0, 0.1) is 7.14 Å². The molecule has 0 saturated heterocycles. The number of nitrogens with one attached hydrogen (secondary N) is 2. The maximum atomic E-state index is 6.10. The van der Waals surface area contributed by atoms with Gasteiger partial charge in [-0.3, -0.25) is 0 Å². The number of halogens is 2. The molecule has 158 valence electrons. The SMILES string of the molecule is CCOc1cc(/C=N\Nc2nc3ccccc3[nH]2)cc(I)c1OCc1ccc(I)cc1. The van der Waals surface area contributed by atoms with Gasteiger partial charge in [0.15, 0.2) is 11.5 Å². The fourth-order valence-corrected chi connectivity index (χ4v) is 4.12. The molecular weight excluding hydrogens is 618 g/mol. The minimum Gasteiger partial charge on any atom is -0.490 e. The van der Waals surface area contributed by atoms with E-state index >= 15 is 0 Å². The lowest BCUT2D eigenvalue weighted by Crippen LogP contribution is -2.03. The number of nitrogens with zero attached hydrogens (tertiary/aromatic N) is 2. The Morgan fingerprint density at radius 2 is 1.87 bits per heavy atom. The van der Waals surface area contributed by atoms with Gasteiger partial charge in [0, 0.05) is 3.57 Å². The van der Waals surface area contributed by atoms with Crippen molar-refractivity contribution < 1.29 is 9.47 Å². The van der Waals surface area contributed by atoms with Crippen molar-refractivity contribution in [2.24, 2.45) is 5.10 Å². The van der Waals surface area contributed by atoms with Gasteiger partial charge in [-0.15, -0.1) is 0 Å². The summed E-state index contributed by atoms with van der Waals surface area (Å²) >= 11 is 4.56. The second kappa shape index (κ2) is 10.3. The predicted molar refractivity (Wildman–Crippen MR) is 141 cm³/mol. The molecule has 0 unspecified atom stereocenters. The lowest BCUT2D eigenvalue weighted by Gasteiger charge is -2.14. The van der Waals surface area contributed by atoms with Crippen LogP contribution in [-0.4, -0.2) is 22.8 Å². The fraction of sp³-hybridized carbons (Fsp3) is 0.130. The summed E-state index contributed by atoms with van der Waals surface area (Å²) in [6, 6.07) is 20.1. The Hall–Kier alpha value is -2.34. The molecule has 0 fully saturated rings. The quantitative estimate of drug-likeness (QED) is 0.137. The van der Waals surface area contributed by atoms with Crippen LogP contribution in [0.2, 0.25) is 0 Å². The van der Waals surface area contributed by atoms with Crippen LogP contribution in [0.1, 0.15) is 18.1 Å². The van der Waals surface area contributed by atoms with Gasteiger partial charge in [0.2, 0.25) is 5.95 Å². The molecule has 1 heterocycles. The minimum absolute atomic E-state index is 0.480. The van der Waals surface area contributed by atoms with Crippen molar-refractivity contribution in [3.63, 3.8) is 0 Å². The maximum Gasteiger partial charge on any atom is 0.222 e. The predicted octanol–water partition coefficient (Wildman–Crippen LogP) is 6.20. The van der Waals surface area contributed by atoms with Crippen LogP contribution >= 0.6 is 45.2 Å². The molecule has 4 aromatic rings. The molecule has 0 spiro atoms. The summed E-state index contributed by atoms with van der Waals surface area (Å²) < 4.78 is 14.1. The van der Waals surface area contributed by atoms with E-state index < -0.39 is 0 Å². The van der Waals surface area contributed by atoms with Crippen molar-refractivity contribution in [1.29, 1.82) is 0 Å². The number of anilines is 1. The van der Waals surface area contributed by atoms with Gasteiger partial charge in [0.25, 0.3) is 0 Å². The number of aromatic amines is 1. The zero-order valence-corrected chi connectivity index (χ0v) is 21.0. The fourth-order valence-electron chi connectivity index (χ4n) is 2.98. The van der Waals surface area contributed by atoms with Gasteiger partial charge in [-0.05, 0) is 99.6 Å². The van der Waals surface area contributed by atoms with Crippen LogP contribution in [0.25, 0.3) is 11.0 Å². The van der Waals surface area contributed by atoms with Crippen molar-refractivity contribution >= 4 is 68.4 Å². The molecule has 8 heteroatoms. The number of rotatable bonds is 8. The van der Waals surface area contributed by atoms with Crippen molar-refractivity contribution in [3.8, 4) is 11.5 Å². The van der Waals surface area contributed by atoms with E-state index in [2.05, 4.69) is 89.9 Å². The average Bonchev–Trinajstić information content (AvgIpc) is 3.17. The molecule has 0 aliphatic heterocycles. The van der Waals surface area contributed by atoms with E-state index in [4.69, 9.17) is 9.47 Å². The summed E-state index contributed by atoms with van der Waals surface area (Å²) in [5, 5.41) is 4.31. The van der Waals surface area contributed by atoms with E-state index in [1.165, 1.54) is 3.57 Å². The summed E-state index contributed by atoms with van der Waals surface area (Å²) in [5.41, 5.74) is 6.81. The largest absolute Gasteiger partial charge is 0.490 e. The standard InChI is InChI=1S/C23H20I2N4O2/c1-2-30-21-12-16(13-26-29-23-27-19-5-3-4-6-20(19)28-23)11-18(25)22(21)31-14-15-7-9-17(24)10-8-15/h3-13H,2,14H2,1H3,(H2,27,28,29)/b26-13-. The molecule has 2 N–H and O–H groups in total. The number of fused-ring (bicyclic) bond motifs is 1. The lowest BCUT2D eigenvalue weighted by atomic mass is 10.2. The number of hydrazone groups is 1.